The summed E-state index contributed by atoms with van der Waals surface area (Å²) in [7, 11) is 0. The van der Waals surface area contributed by atoms with Crippen molar-refractivity contribution in [2.45, 2.75) is 59.0 Å². The van der Waals surface area contributed by atoms with Gasteiger partial charge in [0.25, 0.3) is 0 Å². The molecule has 2 atom stereocenters. The van der Waals surface area contributed by atoms with Gasteiger partial charge >= 0.3 is 5.97 Å². The molecule has 0 N–H and O–H groups in total. The number of benzene rings is 2. The van der Waals surface area contributed by atoms with Crippen molar-refractivity contribution >= 4 is 35.0 Å². The Labute approximate surface area is 185 Å². The fourth-order valence-electron chi connectivity index (χ4n) is 4.49. The third-order valence-electron chi connectivity index (χ3n) is 6.26. The standard InChI is InChI=1S/C29H32O2/c1-4-6-8-13-29(30)31-28-12-9-11-22-16-25-18-24-15-21(10-7-5-2)20(3)14-23(24)17-26(25)19-27(22)28/h5,7,9-11,14-20,28H,4,6,8,12-13H2,1-3H3/b7-5-,21-10-. The van der Waals surface area contributed by atoms with E-state index in [1.54, 1.807) is 0 Å². The molecule has 0 saturated heterocycles. The van der Waals surface area contributed by atoms with Crippen LogP contribution in [-0.2, 0) is 9.53 Å². The minimum absolute atomic E-state index is 0.0811. The highest BCUT2D eigenvalue weighted by molar-refractivity contribution is 5.88. The van der Waals surface area contributed by atoms with Gasteiger partial charge in [0.2, 0.25) is 0 Å². The summed E-state index contributed by atoms with van der Waals surface area (Å²) in [6.07, 6.45) is 19.5. The van der Waals surface area contributed by atoms with Gasteiger partial charge in [0, 0.05) is 18.4 Å². The molecule has 0 radical (unpaired) electrons. The second-order valence-electron chi connectivity index (χ2n) is 8.68. The van der Waals surface area contributed by atoms with Crippen molar-refractivity contribution in [1.82, 2.24) is 0 Å². The third-order valence-corrected chi connectivity index (χ3v) is 6.26. The van der Waals surface area contributed by atoms with Gasteiger partial charge in [0.1, 0.15) is 6.10 Å². The molecule has 0 saturated carbocycles. The van der Waals surface area contributed by atoms with E-state index in [1.807, 2.05) is 6.92 Å². The Morgan fingerprint density at radius 1 is 1.13 bits per heavy atom. The van der Waals surface area contributed by atoms with Gasteiger partial charge in [-0.3, -0.25) is 4.79 Å². The SMILES string of the molecule is C/C=C\C=C1\C=c2cc3cc4c(cc3cc2=CC1C)C(OC(=O)CCCCC)CC=C4. The highest BCUT2D eigenvalue weighted by Gasteiger charge is 2.21. The maximum absolute atomic E-state index is 12.3. The van der Waals surface area contributed by atoms with Crippen LogP contribution >= 0.6 is 0 Å². The van der Waals surface area contributed by atoms with E-state index < -0.39 is 0 Å². The predicted molar refractivity (Wildman–Crippen MR) is 131 cm³/mol. The van der Waals surface area contributed by atoms with Crippen molar-refractivity contribution in [1.29, 1.82) is 0 Å². The average Bonchev–Trinajstić information content (AvgIpc) is 2.75. The predicted octanol–water partition coefficient (Wildman–Crippen LogP) is 6.13. The highest BCUT2D eigenvalue weighted by atomic mass is 16.5. The number of unbranched alkanes of at least 4 members (excludes halogenated alkanes) is 2. The van der Waals surface area contributed by atoms with Gasteiger partial charge in [0.15, 0.2) is 0 Å². The lowest BCUT2D eigenvalue weighted by Gasteiger charge is -2.23. The van der Waals surface area contributed by atoms with Crippen LogP contribution in [0.5, 0.6) is 0 Å². The van der Waals surface area contributed by atoms with E-state index in [1.165, 1.54) is 26.8 Å². The first-order valence-electron chi connectivity index (χ1n) is 11.6. The molecule has 0 amide bonds. The quantitative estimate of drug-likeness (QED) is 0.421. The molecule has 2 aromatic carbocycles. The molecule has 2 heteroatoms. The number of rotatable bonds is 6. The number of ether oxygens (including phenoxy) is 1. The van der Waals surface area contributed by atoms with E-state index in [-0.39, 0.29) is 12.1 Å². The monoisotopic (exact) mass is 412 g/mol. The Morgan fingerprint density at radius 2 is 1.94 bits per heavy atom. The Morgan fingerprint density at radius 3 is 2.74 bits per heavy atom. The number of hydrogen-bond donors (Lipinski definition) is 0. The Kier molecular flexibility index (Phi) is 6.56. The molecule has 160 valence electrons. The molecule has 2 aliphatic rings. The third kappa shape index (κ3) is 4.74. The van der Waals surface area contributed by atoms with Crippen LogP contribution in [0, 0.1) is 5.92 Å². The van der Waals surface area contributed by atoms with Gasteiger partial charge in [0.05, 0.1) is 0 Å². The number of esters is 1. The molecular weight excluding hydrogens is 380 g/mol. The molecule has 0 spiro atoms. The highest BCUT2D eigenvalue weighted by Crippen LogP contribution is 2.34. The normalized spacial score (nSPS) is 20.9. The molecule has 0 aromatic heterocycles. The lowest BCUT2D eigenvalue weighted by Crippen LogP contribution is -2.29. The zero-order valence-corrected chi connectivity index (χ0v) is 18.9. The molecular formula is C29H32O2. The van der Waals surface area contributed by atoms with Crippen molar-refractivity contribution in [3.8, 4) is 0 Å². The van der Waals surface area contributed by atoms with E-state index in [4.69, 9.17) is 4.74 Å². The fraction of sp³-hybridized carbons (Fsp3) is 0.345. The Balaban J connectivity index is 1.70. The molecule has 2 unspecified atom stereocenters. The van der Waals surface area contributed by atoms with Crippen LogP contribution in [0.2, 0.25) is 0 Å². The summed E-state index contributed by atoms with van der Waals surface area (Å²) < 4.78 is 5.88. The number of allylic oxidation sites excluding steroid dienone is 4. The van der Waals surface area contributed by atoms with Crippen LogP contribution in [0.1, 0.15) is 70.1 Å². The smallest absolute Gasteiger partial charge is 0.306 e. The lowest BCUT2D eigenvalue weighted by molar-refractivity contribution is -0.149. The zero-order chi connectivity index (χ0) is 21.8. The van der Waals surface area contributed by atoms with E-state index in [0.29, 0.717) is 12.3 Å². The van der Waals surface area contributed by atoms with Crippen LogP contribution in [0.25, 0.3) is 29.0 Å². The van der Waals surface area contributed by atoms with Crippen LogP contribution in [0.4, 0.5) is 0 Å². The average molecular weight is 413 g/mol. The van der Waals surface area contributed by atoms with Crippen molar-refractivity contribution in [2.24, 2.45) is 5.92 Å². The first-order chi connectivity index (χ1) is 15.1. The second-order valence-corrected chi connectivity index (χ2v) is 8.68. The number of hydrogen-bond acceptors (Lipinski definition) is 2. The molecule has 4 rings (SSSR count). The molecule has 0 fully saturated rings. The summed E-state index contributed by atoms with van der Waals surface area (Å²) in [4.78, 5) is 12.3. The molecule has 0 aliphatic heterocycles. The summed E-state index contributed by atoms with van der Waals surface area (Å²) in [5.41, 5.74) is 3.61. The van der Waals surface area contributed by atoms with Gasteiger partial charge in [-0.15, -0.1) is 0 Å². The summed E-state index contributed by atoms with van der Waals surface area (Å²) >= 11 is 0. The van der Waals surface area contributed by atoms with Crippen LogP contribution < -0.4 is 10.4 Å². The van der Waals surface area contributed by atoms with Gasteiger partial charge < -0.3 is 4.74 Å². The minimum Gasteiger partial charge on any atom is -0.457 e. The van der Waals surface area contributed by atoms with Gasteiger partial charge in [-0.2, -0.15) is 0 Å². The molecule has 2 aromatic rings. The molecule has 0 heterocycles. The Hall–Kier alpha value is -2.87. The number of carbonyl (C=O) groups is 1. The topological polar surface area (TPSA) is 26.3 Å². The van der Waals surface area contributed by atoms with Crippen molar-refractivity contribution < 1.29 is 9.53 Å². The molecule has 2 nitrogen and oxygen atoms in total. The summed E-state index contributed by atoms with van der Waals surface area (Å²) in [5, 5.41) is 4.97. The largest absolute Gasteiger partial charge is 0.457 e. The number of carbonyl (C=O) groups excluding carboxylic acids is 1. The molecule has 0 bridgehead atoms. The first-order valence-corrected chi connectivity index (χ1v) is 11.6. The van der Waals surface area contributed by atoms with Crippen LogP contribution in [0.3, 0.4) is 0 Å². The number of fused-ring (bicyclic) bond motifs is 3. The van der Waals surface area contributed by atoms with E-state index in [0.717, 1.165) is 36.8 Å². The van der Waals surface area contributed by atoms with E-state index >= 15 is 0 Å². The van der Waals surface area contributed by atoms with Crippen LogP contribution in [-0.4, -0.2) is 5.97 Å². The summed E-state index contributed by atoms with van der Waals surface area (Å²) in [5.74, 6) is 0.306. The van der Waals surface area contributed by atoms with Gasteiger partial charge in [-0.1, -0.05) is 69.2 Å². The molecule has 31 heavy (non-hydrogen) atoms. The van der Waals surface area contributed by atoms with Crippen molar-refractivity contribution in [2.75, 3.05) is 0 Å². The maximum Gasteiger partial charge on any atom is 0.306 e. The minimum atomic E-state index is -0.181. The summed E-state index contributed by atoms with van der Waals surface area (Å²) in [6, 6.07) is 9.02. The van der Waals surface area contributed by atoms with Gasteiger partial charge in [-0.05, 0) is 75.9 Å². The zero-order valence-electron chi connectivity index (χ0n) is 18.9. The lowest BCUT2D eigenvalue weighted by atomic mass is 9.89. The van der Waals surface area contributed by atoms with E-state index in [2.05, 4.69) is 80.6 Å². The van der Waals surface area contributed by atoms with Crippen LogP contribution in [0.15, 0.2) is 54.1 Å². The van der Waals surface area contributed by atoms with E-state index in [9.17, 15) is 4.79 Å². The Bertz CT molecular complexity index is 1190. The maximum atomic E-state index is 12.3. The fourth-order valence-corrected chi connectivity index (χ4v) is 4.49. The summed E-state index contributed by atoms with van der Waals surface area (Å²) in [6.45, 7) is 6.43. The van der Waals surface area contributed by atoms with Crippen molar-refractivity contribution in [3.63, 3.8) is 0 Å². The van der Waals surface area contributed by atoms with Gasteiger partial charge in [-0.25, -0.2) is 0 Å². The second kappa shape index (κ2) is 9.51. The van der Waals surface area contributed by atoms with Crippen molar-refractivity contribution in [3.05, 3.63) is 75.7 Å². The first kappa shape index (κ1) is 21.4. The molecule has 2 aliphatic carbocycles.